The van der Waals surface area contributed by atoms with Gasteiger partial charge >= 0.3 is 0 Å². The van der Waals surface area contributed by atoms with Gasteiger partial charge in [0.1, 0.15) is 5.75 Å². The molecule has 102 valence electrons. The summed E-state index contributed by atoms with van der Waals surface area (Å²) in [7, 11) is 1.71. The van der Waals surface area contributed by atoms with Crippen molar-refractivity contribution in [3.8, 4) is 5.75 Å². The molecule has 18 heavy (non-hydrogen) atoms. The second-order valence-electron chi connectivity index (χ2n) is 4.72. The zero-order valence-corrected chi connectivity index (χ0v) is 12.1. The first-order chi connectivity index (χ1) is 8.58. The zero-order valence-electron chi connectivity index (χ0n) is 12.1. The van der Waals surface area contributed by atoms with Crippen LogP contribution in [0, 0.1) is 6.92 Å². The molecule has 0 aliphatic rings. The molecule has 1 unspecified atom stereocenters. The minimum atomic E-state index is 0.215. The lowest BCUT2D eigenvalue weighted by molar-refractivity contribution is 0.0614. The highest BCUT2D eigenvalue weighted by Gasteiger charge is 2.13. The second-order valence-corrected chi connectivity index (χ2v) is 4.72. The van der Waals surface area contributed by atoms with E-state index in [-0.39, 0.29) is 12.1 Å². The molecule has 0 bridgehead atoms. The Kier molecular flexibility index (Phi) is 6.16. The molecule has 0 saturated heterocycles. The Morgan fingerprint density at radius 2 is 2.00 bits per heavy atom. The van der Waals surface area contributed by atoms with Gasteiger partial charge in [0.05, 0.1) is 25.9 Å². The molecule has 0 aliphatic carbocycles. The van der Waals surface area contributed by atoms with Crippen LogP contribution >= 0.6 is 0 Å². The van der Waals surface area contributed by atoms with Gasteiger partial charge < -0.3 is 14.8 Å². The minimum absolute atomic E-state index is 0.215. The molecule has 0 saturated carbocycles. The Morgan fingerprint density at radius 1 is 1.28 bits per heavy atom. The molecule has 0 heterocycles. The Hall–Kier alpha value is -1.06. The molecule has 0 radical (unpaired) electrons. The molecule has 0 fully saturated rings. The number of likely N-dealkylation sites (N-methyl/N-ethyl adjacent to an activating group) is 1. The third kappa shape index (κ3) is 4.31. The van der Waals surface area contributed by atoms with E-state index in [4.69, 9.17) is 9.47 Å². The number of ether oxygens (including phenoxy) is 2. The first-order valence-electron chi connectivity index (χ1n) is 6.58. The third-order valence-electron chi connectivity index (χ3n) is 2.88. The Labute approximate surface area is 110 Å². The van der Waals surface area contributed by atoms with Crippen molar-refractivity contribution < 1.29 is 9.47 Å². The summed E-state index contributed by atoms with van der Waals surface area (Å²) in [6.07, 6.45) is 0.249. The van der Waals surface area contributed by atoms with Gasteiger partial charge in [-0.15, -0.1) is 0 Å². The first kappa shape index (κ1) is 15.0. The van der Waals surface area contributed by atoms with Gasteiger partial charge in [0.25, 0.3) is 0 Å². The average molecular weight is 251 g/mol. The number of hydrogen-bond acceptors (Lipinski definition) is 3. The van der Waals surface area contributed by atoms with Crippen molar-refractivity contribution in [2.24, 2.45) is 0 Å². The van der Waals surface area contributed by atoms with Gasteiger partial charge in [-0.25, -0.2) is 0 Å². The summed E-state index contributed by atoms with van der Waals surface area (Å²) >= 11 is 0. The number of methoxy groups -OCH3 is 1. The minimum Gasteiger partial charge on any atom is -0.496 e. The van der Waals surface area contributed by atoms with Crippen LogP contribution in [0.4, 0.5) is 0 Å². The lowest BCUT2D eigenvalue weighted by Gasteiger charge is -2.21. The van der Waals surface area contributed by atoms with Crippen molar-refractivity contribution in [3.05, 3.63) is 29.3 Å². The smallest absolute Gasteiger partial charge is 0.122 e. The third-order valence-corrected chi connectivity index (χ3v) is 2.88. The summed E-state index contributed by atoms with van der Waals surface area (Å²) < 4.78 is 11.1. The lowest BCUT2D eigenvalue weighted by Crippen LogP contribution is -2.26. The summed E-state index contributed by atoms with van der Waals surface area (Å²) in [6.45, 7) is 9.86. The predicted molar refractivity (Wildman–Crippen MR) is 75.2 cm³/mol. The van der Waals surface area contributed by atoms with E-state index in [0.29, 0.717) is 6.61 Å². The van der Waals surface area contributed by atoms with Gasteiger partial charge in [-0.2, -0.15) is 0 Å². The van der Waals surface area contributed by atoms with Gasteiger partial charge in [-0.1, -0.05) is 19.1 Å². The highest BCUT2D eigenvalue weighted by atomic mass is 16.5. The molecule has 3 heteroatoms. The largest absolute Gasteiger partial charge is 0.496 e. The van der Waals surface area contributed by atoms with Crippen molar-refractivity contribution in [2.45, 2.75) is 39.8 Å². The van der Waals surface area contributed by atoms with Crippen LogP contribution in [-0.2, 0) is 4.74 Å². The average Bonchev–Trinajstić information content (AvgIpc) is 2.35. The maximum atomic E-state index is 5.71. The van der Waals surface area contributed by atoms with Crippen LogP contribution in [0.2, 0.25) is 0 Å². The Bertz CT molecular complexity index is 364. The van der Waals surface area contributed by atoms with E-state index in [9.17, 15) is 0 Å². The molecule has 0 amide bonds. The fourth-order valence-electron chi connectivity index (χ4n) is 1.86. The van der Waals surface area contributed by atoms with Crippen LogP contribution < -0.4 is 10.1 Å². The standard InChI is InChI=1S/C15H25NO2/c1-6-16-14(10-18-11(2)3)13-8-7-12(4)15(9-13)17-5/h7-9,11,14,16H,6,10H2,1-5H3. The van der Waals surface area contributed by atoms with E-state index < -0.39 is 0 Å². The van der Waals surface area contributed by atoms with Crippen molar-refractivity contribution >= 4 is 0 Å². The van der Waals surface area contributed by atoms with E-state index in [0.717, 1.165) is 17.9 Å². The van der Waals surface area contributed by atoms with E-state index in [1.807, 2.05) is 0 Å². The molecule has 3 nitrogen and oxygen atoms in total. The highest BCUT2D eigenvalue weighted by molar-refractivity contribution is 5.37. The quantitative estimate of drug-likeness (QED) is 0.808. The van der Waals surface area contributed by atoms with E-state index in [1.54, 1.807) is 7.11 Å². The summed E-state index contributed by atoms with van der Waals surface area (Å²) in [6, 6.07) is 6.53. The predicted octanol–water partition coefficient (Wildman–Crippen LogP) is 3.08. The lowest BCUT2D eigenvalue weighted by atomic mass is 10.0. The molecule has 1 atom stereocenters. The molecule has 1 rings (SSSR count). The highest BCUT2D eigenvalue weighted by Crippen LogP contribution is 2.23. The van der Waals surface area contributed by atoms with Crippen LogP contribution in [0.3, 0.4) is 0 Å². The molecule has 1 aromatic rings. The molecular weight excluding hydrogens is 226 g/mol. The fourth-order valence-corrected chi connectivity index (χ4v) is 1.86. The molecule has 0 aliphatic heterocycles. The number of benzene rings is 1. The second kappa shape index (κ2) is 7.39. The van der Waals surface area contributed by atoms with E-state index >= 15 is 0 Å². The number of rotatable bonds is 7. The normalized spacial score (nSPS) is 12.8. The molecule has 0 aromatic heterocycles. The van der Waals surface area contributed by atoms with Crippen LogP contribution in [0.1, 0.15) is 37.9 Å². The van der Waals surface area contributed by atoms with Gasteiger partial charge in [0.2, 0.25) is 0 Å². The molecule has 1 aromatic carbocycles. The maximum absolute atomic E-state index is 5.71. The summed E-state index contributed by atoms with van der Waals surface area (Å²) in [5.74, 6) is 0.931. The molecular formula is C15H25NO2. The topological polar surface area (TPSA) is 30.5 Å². The van der Waals surface area contributed by atoms with Crippen LogP contribution in [0.5, 0.6) is 5.75 Å². The fraction of sp³-hybridized carbons (Fsp3) is 0.600. The Balaban J connectivity index is 2.83. The number of aryl methyl sites for hydroxylation is 1. The van der Waals surface area contributed by atoms with E-state index in [2.05, 4.69) is 51.2 Å². The summed E-state index contributed by atoms with van der Waals surface area (Å²) in [5.41, 5.74) is 2.36. The van der Waals surface area contributed by atoms with Crippen molar-refractivity contribution in [2.75, 3.05) is 20.3 Å². The van der Waals surface area contributed by atoms with Crippen LogP contribution in [0.25, 0.3) is 0 Å². The van der Waals surface area contributed by atoms with Crippen LogP contribution in [-0.4, -0.2) is 26.4 Å². The maximum Gasteiger partial charge on any atom is 0.122 e. The van der Waals surface area contributed by atoms with Crippen molar-refractivity contribution in [3.63, 3.8) is 0 Å². The van der Waals surface area contributed by atoms with Crippen molar-refractivity contribution in [1.82, 2.24) is 5.32 Å². The summed E-state index contributed by atoms with van der Waals surface area (Å²) in [4.78, 5) is 0. The molecule has 0 spiro atoms. The van der Waals surface area contributed by atoms with Crippen molar-refractivity contribution in [1.29, 1.82) is 0 Å². The summed E-state index contributed by atoms with van der Waals surface area (Å²) in [5, 5.41) is 3.44. The van der Waals surface area contributed by atoms with Gasteiger partial charge in [0.15, 0.2) is 0 Å². The Morgan fingerprint density at radius 3 is 2.56 bits per heavy atom. The van der Waals surface area contributed by atoms with Gasteiger partial charge in [0, 0.05) is 0 Å². The van der Waals surface area contributed by atoms with Gasteiger partial charge in [-0.05, 0) is 44.5 Å². The number of hydrogen-bond donors (Lipinski definition) is 1. The SMILES string of the molecule is CCNC(COC(C)C)c1ccc(C)c(OC)c1. The first-order valence-corrected chi connectivity index (χ1v) is 6.58. The molecule has 1 N–H and O–H groups in total. The van der Waals surface area contributed by atoms with E-state index in [1.165, 1.54) is 5.56 Å². The zero-order chi connectivity index (χ0) is 13.5. The number of nitrogens with one attached hydrogen (secondary N) is 1. The van der Waals surface area contributed by atoms with Gasteiger partial charge in [-0.3, -0.25) is 0 Å². The van der Waals surface area contributed by atoms with Crippen LogP contribution in [0.15, 0.2) is 18.2 Å². The monoisotopic (exact) mass is 251 g/mol.